The van der Waals surface area contributed by atoms with Crippen molar-refractivity contribution in [1.29, 1.82) is 0 Å². The van der Waals surface area contributed by atoms with Crippen molar-refractivity contribution in [3.05, 3.63) is 89.5 Å². The summed E-state index contributed by atoms with van der Waals surface area (Å²) in [5.74, 6) is -4.70. The van der Waals surface area contributed by atoms with E-state index in [9.17, 15) is 24.0 Å². The number of fused-ring (bicyclic) bond motifs is 5. The molecule has 0 saturated carbocycles. The van der Waals surface area contributed by atoms with E-state index in [1.54, 1.807) is 43.3 Å². The summed E-state index contributed by atoms with van der Waals surface area (Å²) in [7, 11) is 1.21. The summed E-state index contributed by atoms with van der Waals surface area (Å²) >= 11 is 0. The molecule has 1 aliphatic carbocycles. The Balaban J connectivity index is 1.60. The highest BCUT2D eigenvalue weighted by molar-refractivity contribution is 6.24. The van der Waals surface area contributed by atoms with Gasteiger partial charge in [-0.05, 0) is 36.6 Å². The van der Waals surface area contributed by atoms with Crippen molar-refractivity contribution in [2.45, 2.75) is 25.3 Å². The van der Waals surface area contributed by atoms with E-state index in [4.69, 9.17) is 9.47 Å². The Morgan fingerprint density at radius 3 is 2.39 bits per heavy atom. The van der Waals surface area contributed by atoms with Gasteiger partial charge >= 0.3 is 12.1 Å². The molecule has 0 unspecified atom stereocenters. The van der Waals surface area contributed by atoms with Crippen LogP contribution in [0.4, 0.5) is 10.5 Å². The van der Waals surface area contributed by atoms with Crippen LogP contribution in [-0.4, -0.2) is 59.8 Å². The lowest BCUT2D eigenvalue weighted by atomic mass is 9.58. The molecule has 2 aromatic carbocycles. The lowest BCUT2D eigenvalue weighted by molar-refractivity contribution is -0.138. The van der Waals surface area contributed by atoms with E-state index in [1.165, 1.54) is 12.0 Å². The molecule has 10 nitrogen and oxygen atoms in total. The van der Waals surface area contributed by atoms with E-state index in [2.05, 4.69) is 4.99 Å². The number of esters is 1. The standard InChI is InChI=1S/C31H27N3O7/c1-3-20-21-14-15-22-24(28(38)33(26(22)36)19-12-8-5-9-13-19)25(21)31(16-18-10-6-4-7-11-18)29(32-17-23(35)40-2)41-30(39)34(31)27(20)37/h3-14,22,24-25H,15-17H2,1-2H3/b20-3-,32-29?/t22-,24-,25+,31+/m1/s1. The molecule has 208 valence electrons. The third-order valence-electron chi connectivity index (χ3n) is 8.36. The van der Waals surface area contributed by atoms with Crippen LogP contribution in [0.2, 0.25) is 0 Å². The molecule has 0 spiro atoms. The number of allylic oxidation sites excluding steroid dienone is 2. The number of benzene rings is 2. The predicted octanol–water partition coefficient (Wildman–Crippen LogP) is 3.23. The van der Waals surface area contributed by atoms with Crippen LogP contribution in [0.3, 0.4) is 0 Å². The number of rotatable bonds is 5. The van der Waals surface area contributed by atoms with Gasteiger partial charge in [0.1, 0.15) is 12.1 Å². The minimum absolute atomic E-state index is 0.0559. The topological polar surface area (TPSA) is 123 Å². The van der Waals surface area contributed by atoms with Gasteiger partial charge in [-0.2, -0.15) is 0 Å². The first-order valence-electron chi connectivity index (χ1n) is 13.3. The number of methoxy groups -OCH3 is 1. The van der Waals surface area contributed by atoms with Gasteiger partial charge in [0, 0.05) is 17.9 Å². The van der Waals surface area contributed by atoms with E-state index in [1.807, 2.05) is 36.4 Å². The Kier molecular flexibility index (Phi) is 6.40. The molecule has 3 heterocycles. The van der Waals surface area contributed by atoms with Crippen LogP contribution in [0.25, 0.3) is 0 Å². The summed E-state index contributed by atoms with van der Waals surface area (Å²) in [5.41, 5.74) is 0.418. The lowest BCUT2D eigenvalue weighted by Crippen LogP contribution is -2.66. The summed E-state index contributed by atoms with van der Waals surface area (Å²) in [6, 6.07) is 17.8. The summed E-state index contributed by atoms with van der Waals surface area (Å²) < 4.78 is 10.4. The van der Waals surface area contributed by atoms with Gasteiger partial charge in [0.2, 0.25) is 17.7 Å². The molecule has 0 bridgehead atoms. The van der Waals surface area contributed by atoms with Crippen LogP contribution < -0.4 is 4.90 Å². The van der Waals surface area contributed by atoms with Gasteiger partial charge in [-0.3, -0.25) is 24.1 Å². The highest BCUT2D eigenvalue weighted by atomic mass is 16.6. The van der Waals surface area contributed by atoms with E-state index >= 15 is 0 Å². The molecule has 2 aromatic rings. The fourth-order valence-electron chi connectivity index (χ4n) is 6.70. The first-order chi connectivity index (χ1) is 19.8. The van der Waals surface area contributed by atoms with Crippen molar-refractivity contribution in [1.82, 2.24) is 4.90 Å². The maximum atomic E-state index is 14.3. The Hall–Kier alpha value is -4.86. The highest BCUT2D eigenvalue weighted by Crippen LogP contribution is 2.56. The molecular formula is C31H27N3O7. The average Bonchev–Trinajstić information content (AvgIpc) is 3.42. The fourth-order valence-corrected chi connectivity index (χ4v) is 6.70. The first-order valence-corrected chi connectivity index (χ1v) is 13.3. The number of para-hydroxylation sites is 1. The number of piperidine rings is 1. The van der Waals surface area contributed by atoms with Crippen LogP contribution in [-0.2, 0) is 35.1 Å². The molecule has 4 amide bonds. The third kappa shape index (κ3) is 3.85. The zero-order chi connectivity index (χ0) is 28.9. The van der Waals surface area contributed by atoms with Crippen LogP contribution >= 0.6 is 0 Å². The average molecular weight is 554 g/mol. The second-order valence-electron chi connectivity index (χ2n) is 10.3. The van der Waals surface area contributed by atoms with E-state index < -0.39 is 53.7 Å². The lowest BCUT2D eigenvalue weighted by Gasteiger charge is -2.50. The van der Waals surface area contributed by atoms with E-state index in [0.717, 1.165) is 10.5 Å². The Morgan fingerprint density at radius 2 is 1.73 bits per heavy atom. The number of anilines is 1. The monoisotopic (exact) mass is 553 g/mol. The summed E-state index contributed by atoms with van der Waals surface area (Å²) in [5, 5.41) is 0. The van der Waals surface area contributed by atoms with Gasteiger partial charge in [-0.1, -0.05) is 60.7 Å². The smallest absolute Gasteiger partial charge is 0.424 e. The molecule has 4 aliphatic rings. The number of hydrogen-bond acceptors (Lipinski definition) is 8. The molecule has 3 saturated heterocycles. The van der Waals surface area contributed by atoms with Crippen LogP contribution in [0.5, 0.6) is 0 Å². The van der Waals surface area contributed by atoms with Crippen LogP contribution in [0.15, 0.2) is 89.0 Å². The second-order valence-corrected chi connectivity index (χ2v) is 10.3. The number of imide groups is 2. The fraction of sp³-hybridized carbons (Fsp3) is 0.290. The molecular weight excluding hydrogens is 526 g/mol. The highest BCUT2D eigenvalue weighted by Gasteiger charge is 2.70. The number of carbonyl (C=O) groups excluding carboxylic acids is 5. The van der Waals surface area contributed by atoms with E-state index in [0.29, 0.717) is 11.3 Å². The van der Waals surface area contributed by atoms with Crippen molar-refractivity contribution < 1.29 is 33.4 Å². The number of aliphatic imine (C=N–C) groups is 1. The minimum Gasteiger partial charge on any atom is -0.468 e. The van der Waals surface area contributed by atoms with Gasteiger partial charge in [0.05, 0.1) is 24.6 Å². The first kappa shape index (κ1) is 26.4. The summed E-state index contributed by atoms with van der Waals surface area (Å²) in [6.45, 7) is 1.23. The molecule has 41 heavy (non-hydrogen) atoms. The van der Waals surface area contributed by atoms with Gasteiger partial charge in [-0.15, -0.1) is 0 Å². The number of hydrogen-bond donors (Lipinski definition) is 0. The van der Waals surface area contributed by atoms with Crippen molar-refractivity contribution in [3.63, 3.8) is 0 Å². The van der Waals surface area contributed by atoms with E-state index in [-0.39, 0.29) is 30.2 Å². The molecule has 3 aliphatic heterocycles. The molecule has 3 fully saturated rings. The molecule has 0 radical (unpaired) electrons. The van der Waals surface area contributed by atoms with Crippen molar-refractivity contribution in [2.75, 3.05) is 18.6 Å². The molecule has 10 heteroatoms. The molecule has 6 rings (SSSR count). The maximum Gasteiger partial charge on any atom is 0.424 e. The second kappa shape index (κ2) is 9.96. The minimum atomic E-state index is -1.60. The summed E-state index contributed by atoms with van der Waals surface area (Å²) in [4.78, 5) is 74.2. The summed E-state index contributed by atoms with van der Waals surface area (Å²) in [6.07, 6.45) is 2.79. The van der Waals surface area contributed by atoms with Gasteiger partial charge in [0.25, 0.3) is 5.91 Å². The predicted molar refractivity (Wildman–Crippen MR) is 146 cm³/mol. The SMILES string of the molecule is C/C=C1\C(=O)N2C(=O)OC(=NCC(=O)OC)[C@]2(Cc2ccccc2)[C@H]2C1=CC[C@H]1C(=O)N(c3ccccc3)C(=O)[C@H]12. The Bertz CT molecular complexity index is 1560. The van der Waals surface area contributed by atoms with Gasteiger partial charge < -0.3 is 9.47 Å². The third-order valence-corrected chi connectivity index (χ3v) is 8.36. The van der Waals surface area contributed by atoms with Crippen molar-refractivity contribution in [3.8, 4) is 0 Å². The molecule has 4 atom stereocenters. The van der Waals surface area contributed by atoms with Gasteiger partial charge in [-0.25, -0.2) is 14.7 Å². The number of ether oxygens (including phenoxy) is 2. The van der Waals surface area contributed by atoms with Crippen LogP contribution in [0, 0.1) is 17.8 Å². The largest absolute Gasteiger partial charge is 0.468 e. The zero-order valence-electron chi connectivity index (χ0n) is 22.5. The molecule has 0 aromatic heterocycles. The van der Waals surface area contributed by atoms with Crippen LogP contribution in [0.1, 0.15) is 18.9 Å². The maximum absolute atomic E-state index is 14.3. The number of carbonyl (C=O) groups is 5. The Labute approximate surface area is 235 Å². The number of cyclic esters (lactones) is 1. The van der Waals surface area contributed by atoms with Crippen molar-refractivity contribution in [2.24, 2.45) is 22.7 Å². The molecule has 0 N–H and O–H groups in total. The number of amides is 4. The normalized spacial score (nSPS) is 28.8. The number of nitrogens with zero attached hydrogens (tertiary/aromatic N) is 3. The zero-order valence-corrected chi connectivity index (χ0v) is 22.5. The van der Waals surface area contributed by atoms with Gasteiger partial charge in [0.15, 0.2) is 0 Å². The van der Waals surface area contributed by atoms with Crippen molar-refractivity contribution >= 4 is 41.4 Å². The Morgan fingerprint density at radius 1 is 1.05 bits per heavy atom. The quantitative estimate of drug-likeness (QED) is 0.317.